The highest BCUT2D eigenvalue weighted by Gasteiger charge is 2.37. The molecule has 21 heavy (non-hydrogen) atoms. The summed E-state index contributed by atoms with van der Waals surface area (Å²) < 4.78 is 9.19. The Balaban J connectivity index is 1.58. The predicted molar refractivity (Wildman–Crippen MR) is 85.1 cm³/mol. The lowest BCUT2D eigenvalue weighted by atomic mass is 9.92. The molecule has 4 rings (SSSR count). The first-order chi connectivity index (χ1) is 10.2. The van der Waals surface area contributed by atoms with Gasteiger partial charge in [-0.1, -0.05) is 11.3 Å². The third-order valence-corrected chi connectivity index (χ3v) is 6.10. The van der Waals surface area contributed by atoms with E-state index in [4.69, 9.17) is 9.72 Å². The molecule has 114 valence electrons. The standard InChI is InChI=1S/C15H22N4OS/c1-11-12-13(18(2)17-11)16-14(21-12)19-8-3-5-15(7-9-19)6-4-10-20-15/h3-10H2,1-2H3/t15-/m0/s1. The van der Waals surface area contributed by atoms with Gasteiger partial charge in [0, 0.05) is 26.7 Å². The van der Waals surface area contributed by atoms with E-state index in [1.807, 2.05) is 11.7 Å². The second-order valence-corrected chi connectivity index (χ2v) is 7.31. The third-order valence-electron chi connectivity index (χ3n) is 4.89. The van der Waals surface area contributed by atoms with E-state index in [0.717, 1.165) is 42.6 Å². The van der Waals surface area contributed by atoms with Crippen molar-refractivity contribution >= 4 is 26.8 Å². The molecule has 0 radical (unpaired) electrons. The third kappa shape index (κ3) is 2.25. The summed E-state index contributed by atoms with van der Waals surface area (Å²) in [7, 11) is 1.97. The van der Waals surface area contributed by atoms with E-state index in [-0.39, 0.29) is 5.60 Å². The van der Waals surface area contributed by atoms with Gasteiger partial charge < -0.3 is 9.64 Å². The van der Waals surface area contributed by atoms with Crippen LogP contribution >= 0.6 is 11.3 Å². The van der Waals surface area contributed by atoms with Crippen LogP contribution in [0, 0.1) is 6.92 Å². The van der Waals surface area contributed by atoms with Crippen LogP contribution < -0.4 is 4.90 Å². The summed E-state index contributed by atoms with van der Waals surface area (Å²) in [4.78, 5) is 7.26. The molecule has 2 aromatic heterocycles. The average Bonchev–Trinajstić information content (AvgIpc) is 3.10. The molecular formula is C15H22N4OS. The molecule has 2 aliphatic rings. The zero-order valence-corrected chi connectivity index (χ0v) is 13.6. The van der Waals surface area contributed by atoms with Gasteiger partial charge >= 0.3 is 0 Å². The van der Waals surface area contributed by atoms with Crippen LogP contribution in [-0.2, 0) is 11.8 Å². The number of aromatic nitrogens is 3. The number of rotatable bonds is 1. The Hall–Kier alpha value is -1.14. The Morgan fingerprint density at radius 2 is 2.05 bits per heavy atom. The number of hydrogen-bond acceptors (Lipinski definition) is 5. The predicted octanol–water partition coefficient (Wildman–Crippen LogP) is 2.88. The fourth-order valence-electron chi connectivity index (χ4n) is 3.72. The van der Waals surface area contributed by atoms with E-state index in [9.17, 15) is 0 Å². The van der Waals surface area contributed by atoms with Crippen LogP contribution in [0.3, 0.4) is 0 Å². The minimum Gasteiger partial charge on any atom is -0.375 e. The van der Waals surface area contributed by atoms with Crippen molar-refractivity contribution < 1.29 is 4.74 Å². The summed E-state index contributed by atoms with van der Waals surface area (Å²) in [6.45, 7) is 5.17. The first-order valence-electron chi connectivity index (χ1n) is 7.86. The maximum Gasteiger partial charge on any atom is 0.188 e. The van der Waals surface area contributed by atoms with Crippen molar-refractivity contribution in [2.24, 2.45) is 7.05 Å². The van der Waals surface area contributed by atoms with Crippen molar-refractivity contribution in [3.63, 3.8) is 0 Å². The summed E-state index contributed by atoms with van der Waals surface area (Å²) in [5.41, 5.74) is 2.27. The molecule has 2 saturated heterocycles. The summed E-state index contributed by atoms with van der Waals surface area (Å²) in [5, 5.41) is 5.59. The van der Waals surface area contributed by atoms with Crippen molar-refractivity contribution in [1.82, 2.24) is 14.8 Å². The van der Waals surface area contributed by atoms with Crippen LogP contribution in [0.15, 0.2) is 0 Å². The van der Waals surface area contributed by atoms with Crippen molar-refractivity contribution in [3.05, 3.63) is 5.69 Å². The summed E-state index contributed by atoms with van der Waals surface area (Å²) >= 11 is 1.78. The number of thiazole rings is 1. The molecule has 2 fully saturated rings. The summed E-state index contributed by atoms with van der Waals surface area (Å²) in [6, 6.07) is 0. The Labute approximate surface area is 128 Å². The lowest BCUT2D eigenvalue weighted by molar-refractivity contribution is -0.00491. The highest BCUT2D eigenvalue weighted by molar-refractivity contribution is 7.22. The smallest absolute Gasteiger partial charge is 0.188 e. The molecular weight excluding hydrogens is 284 g/mol. The minimum atomic E-state index is 0.170. The Bertz CT molecular complexity index is 621. The van der Waals surface area contributed by atoms with E-state index in [2.05, 4.69) is 16.9 Å². The van der Waals surface area contributed by atoms with Crippen molar-refractivity contribution in [1.29, 1.82) is 0 Å². The average molecular weight is 306 g/mol. The lowest BCUT2D eigenvalue weighted by Gasteiger charge is -2.26. The van der Waals surface area contributed by atoms with Crippen LogP contribution in [0.4, 0.5) is 5.13 Å². The van der Waals surface area contributed by atoms with Crippen LogP contribution in [0.25, 0.3) is 10.3 Å². The summed E-state index contributed by atoms with van der Waals surface area (Å²) in [6.07, 6.45) is 6.01. The largest absolute Gasteiger partial charge is 0.375 e. The Kier molecular flexibility index (Phi) is 3.19. The monoisotopic (exact) mass is 306 g/mol. The molecule has 0 N–H and O–H groups in total. The molecule has 0 unspecified atom stereocenters. The quantitative estimate of drug-likeness (QED) is 0.812. The molecule has 1 spiro atoms. The SMILES string of the molecule is Cc1nn(C)c2nc(N3CCC[C@]4(CCCO4)CC3)sc12. The zero-order valence-electron chi connectivity index (χ0n) is 12.8. The molecule has 0 saturated carbocycles. The molecule has 2 aromatic rings. The molecule has 2 aliphatic heterocycles. The molecule has 1 atom stereocenters. The fraction of sp³-hybridized carbons (Fsp3) is 0.733. The molecule has 0 bridgehead atoms. The van der Waals surface area contributed by atoms with Gasteiger partial charge in [0.25, 0.3) is 0 Å². The summed E-state index contributed by atoms with van der Waals surface area (Å²) in [5.74, 6) is 0. The number of aryl methyl sites for hydroxylation is 2. The van der Waals surface area contributed by atoms with Crippen LogP contribution in [0.2, 0.25) is 0 Å². The zero-order chi connectivity index (χ0) is 14.4. The van der Waals surface area contributed by atoms with Gasteiger partial charge in [0.15, 0.2) is 10.8 Å². The van der Waals surface area contributed by atoms with Crippen LogP contribution in [0.1, 0.15) is 37.8 Å². The molecule has 0 amide bonds. The van der Waals surface area contributed by atoms with Crippen molar-refractivity contribution in [3.8, 4) is 0 Å². The van der Waals surface area contributed by atoms with Gasteiger partial charge in [-0.15, -0.1) is 0 Å². The number of anilines is 1. The second kappa shape index (κ2) is 4.95. The van der Waals surface area contributed by atoms with E-state index >= 15 is 0 Å². The van der Waals surface area contributed by atoms with Crippen LogP contribution in [-0.4, -0.2) is 40.1 Å². The van der Waals surface area contributed by atoms with Crippen LogP contribution in [0.5, 0.6) is 0 Å². The van der Waals surface area contributed by atoms with Crippen molar-refractivity contribution in [2.75, 3.05) is 24.6 Å². The van der Waals surface area contributed by atoms with Gasteiger partial charge in [0.05, 0.1) is 16.0 Å². The normalized spacial score (nSPS) is 26.9. The lowest BCUT2D eigenvalue weighted by Crippen LogP contribution is -2.30. The maximum absolute atomic E-state index is 6.07. The Morgan fingerprint density at radius 3 is 2.81 bits per heavy atom. The van der Waals surface area contributed by atoms with Crippen molar-refractivity contribution in [2.45, 2.75) is 44.6 Å². The van der Waals surface area contributed by atoms with Gasteiger partial charge in [-0.3, -0.25) is 0 Å². The van der Waals surface area contributed by atoms with Gasteiger partial charge in [-0.2, -0.15) is 5.10 Å². The van der Waals surface area contributed by atoms with Gasteiger partial charge in [-0.25, -0.2) is 9.67 Å². The Morgan fingerprint density at radius 1 is 1.19 bits per heavy atom. The van der Waals surface area contributed by atoms with E-state index < -0.39 is 0 Å². The van der Waals surface area contributed by atoms with E-state index in [0.29, 0.717) is 0 Å². The number of hydrogen-bond donors (Lipinski definition) is 0. The number of ether oxygens (including phenoxy) is 1. The molecule has 0 aliphatic carbocycles. The highest BCUT2D eigenvalue weighted by atomic mass is 32.1. The topological polar surface area (TPSA) is 43.2 Å². The maximum atomic E-state index is 6.07. The van der Waals surface area contributed by atoms with Gasteiger partial charge in [-0.05, 0) is 39.0 Å². The first-order valence-corrected chi connectivity index (χ1v) is 8.68. The van der Waals surface area contributed by atoms with E-state index in [1.165, 1.54) is 30.4 Å². The highest BCUT2D eigenvalue weighted by Crippen LogP contribution is 2.38. The van der Waals surface area contributed by atoms with Gasteiger partial charge in [0.2, 0.25) is 0 Å². The van der Waals surface area contributed by atoms with E-state index in [1.54, 1.807) is 11.3 Å². The number of nitrogens with zero attached hydrogens (tertiary/aromatic N) is 4. The minimum absolute atomic E-state index is 0.170. The van der Waals surface area contributed by atoms with Gasteiger partial charge in [0.1, 0.15) is 0 Å². The molecule has 6 heteroatoms. The first kappa shape index (κ1) is 13.5. The number of fused-ring (bicyclic) bond motifs is 1. The molecule has 5 nitrogen and oxygen atoms in total. The second-order valence-electron chi connectivity index (χ2n) is 6.33. The fourth-order valence-corrected chi connectivity index (χ4v) is 4.80. The molecule has 0 aromatic carbocycles. The molecule has 4 heterocycles.